The Morgan fingerprint density at radius 1 is 0.970 bits per heavy atom. The number of hydrogen-bond acceptors (Lipinski definition) is 5. The quantitative estimate of drug-likeness (QED) is 0.515. The third-order valence-corrected chi connectivity index (χ3v) is 8.67. The van der Waals surface area contributed by atoms with Crippen molar-refractivity contribution in [1.82, 2.24) is 4.90 Å². The second-order valence-corrected chi connectivity index (χ2v) is 11.3. The molecule has 3 fully saturated rings. The molecule has 2 spiro atoms. The highest BCUT2D eigenvalue weighted by Gasteiger charge is 2.71. The topological polar surface area (TPSA) is 65.0 Å². The van der Waals surface area contributed by atoms with Crippen molar-refractivity contribution in [3.63, 3.8) is 0 Å². The Morgan fingerprint density at radius 2 is 1.67 bits per heavy atom. The molecule has 1 saturated carbocycles. The molecule has 0 aromatic heterocycles. The van der Waals surface area contributed by atoms with Crippen LogP contribution in [0.2, 0.25) is 20.1 Å². The van der Waals surface area contributed by atoms with Crippen LogP contribution in [0.4, 0.5) is 11.4 Å². The maximum absolute atomic E-state index is 14.2. The second kappa shape index (κ2) is 6.36. The van der Waals surface area contributed by atoms with Gasteiger partial charge in [0.15, 0.2) is 11.5 Å². The number of amides is 2. The summed E-state index contributed by atoms with van der Waals surface area (Å²) in [5.41, 5.74) is 0.161. The van der Waals surface area contributed by atoms with E-state index in [4.69, 9.17) is 51.4 Å². The summed E-state index contributed by atoms with van der Waals surface area (Å²) in [4.78, 5) is 36.6. The van der Waals surface area contributed by atoms with Gasteiger partial charge in [0.1, 0.15) is 0 Å². The Kier molecular flexibility index (Phi) is 3.93. The summed E-state index contributed by atoms with van der Waals surface area (Å²) >= 11 is 25.4. The average molecular weight is 522 g/mol. The number of carbonyl (C=O) groups excluding carboxylic acids is 2. The van der Waals surface area contributed by atoms with Crippen LogP contribution in [0, 0.1) is 11.3 Å². The molecule has 4 aliphatic heterocycles. The molecule has 3 unspecified atom stereocenters. The van der Waals surface area contributed by atoms with Gasteiger partial charge in [-0.15, -0.1) is 0 Å². The zero-order valence-electron chi connectivity index (χ0n) is 17.0. The van der Waals surface area contributed by atoms with E-state index in [1.54, 1.807) is 30.3 Å². The molecule has 2 bridgehead atoms. The number of fused-ring (bicyclic) bond motifs is 4. The van der Waals surface area contributed by atoms with Gasteiger partial charge < -0.3 is 10.2 Å². The van der Waals surface area contributed by atoms with Crippen LogP contribution in [0.1, 0.15) is 24.8 Å². The molecule has 7 rings (SSSR count). The fraction of sp³-hybridized carbons (Fsp3) is 0.348. The third kappa shape index (κ3) is 2.55. The smallest absolute Gasteiger partial charge is 0.267 e. The molecular formula is C23H16Cl4N4O2. The van der Waals surface area contributed by atoms with Gasteiger partial charge in [-0.05, 0) is 55.0 Å². The lowest BCUT2D eigenvalue weighted by molar-refractivity contribution is -0.123. The van der Waals surface area contributed by atoms with Crippen LogP contribution in [0.3, 0.4) is 0 Å². The van der Waals surface area contributed by atoms with E-state index in [9.17, 15) is 9.59 Å². The number of rotatable bonds is 1. The SMILES string of the molecule is O=C1C2C3CC4(CC4)CN3C3=NC2(C(=O)N1c1cc(Cl)cc(Cl)c1)c1cc(Cl)cc(Cl)c1N3. The van der Waals surface area contributed by atoms with Gasteiger partial charge in [0.2, 0.25) is 5.91 Å². The highest BCUT2D eigenvalue weighted by molar-refractivity contribution is 6.39. The van der Waals surface area contributed by atoms with Crippen LogP contribution in [0.25, 0.3) is 0 Å². The number of carbonyl (C=O) groups is 2. The standard InChI is InChI=1S/C23H16Cl4N4O2/c24-10-3-11(25)5-13(4-10)31-19(32)17-16-8-22(1-2-22)9-30(16)21-28-18-14(6-12(26)7-15(18)27)23(17,29-21)20(31)33/h3-7,16-17H,1-2,8-9H2,(H,28,29). The fourth-order valence-corrected chi connectivity index (χ4v) is 7.20. The van der Waals surface area contributed by atoms with Crippen LogP contribution >= 0.6 is 46.4 Å². The molecule has 2 aromatic carbocycles. The Balaban J connectivity index is 1.49. The average Bonchev–Trinajstić information content (AvgIpc) is 3.31. The number of benzene rings is 2. The van der Waals surface area contributed by atoms with Crippen LogP contribution < -0.4 is 10.2 Å². The highest BCUT2D eigenvalue weighted by Crippen LogP contribution is 2.62. The molecular weight excluding hydrogens is 506 g/mol. The normalized spacial score (nSPS) is 30.1. The van der Waals surface area contributed by atoms with E-state index in [1.165, 1.54) is 4.90 Å². The molecule has 1 N–H and O–H groups in total. The molecule has 3 atom stereocenters. The van der Waals surface area contributed by atoms with Gasteiger partial charge in [0.05, 0.1) is 22.3 Å². The van der Waals surface area contributed by atoms with E-state index in [2.05, 4.69) is 10.2 Å². The van der Waals surface area contributed by atoms with Gasteiger partial charge in [-0.1, -0.05) is 46.4 Å². The molecule has 0 radical (unpaired) electrons. The van der Waals surface area contributed by atoms with E-state index in [-0.39, 0.29) is 17.4 Å². The first-order valence-corrected chi connectivity index (χ1v) is 12.2. The van der Waals surface area contributed by atoms with Gasteiger partial charge >= 0.3 is 0 Å². The van der Waals surface area contributed by atoms with E-state index in [0.29, 0.717) is 43.0 Å². The lowest BCUT2D eigenvalue weighted by Gasteiger charge is -2.46. The summed E-state index contributed by atoms with van der Waals surface area (Å²) in [5.74, 6) is -0.866. The molecule has 33 heavy (non-hydrogen) atoms. The van der Waals surface area contributed by atoms with Crippen molar-refractivity contribution in [2.45, 2.75) is 30.8 Å². The van der Waals surface area contributed by atoms with Gasteiger partial charge in [-0.2, -0.15) is 0 Å². The van der Waals surface area contributed by atoms with Crippen LogP contribution in [0.5, 0.6) is 0 Å². The zero-order valence-corrected chi connectivity index (χ0v) is 20.1. The molecule has 1 aliphatic carbocycles. The minimum absolute atomic E-state index is 0.158. The lowest BCUT2D eigenvalue weighted by atomic mass is 9.72. The predicted molar refractivity (Wildman–Crippen MR) is 128 cm³/mol. The van der Waals surface area contributed by atoms with Crippen molar-refractivity contribution in [1.29, 1.82) is 0 Å². The van der Waals surface area contributed by atoms with Gasteiger partial charge in [-0.25, -0.2) is 9.89 Å². The molecule has 10 heteroatoms. The van der Waals surface area contributed by atoms with E-state index in [0.717, 1.165) is 25.8 Å². The van der Waals surface area contributed by atoms with Crippen LogP contribution in [-0.2, 0) is 15.1 Å². The monoisotopic (exact) mass is 520 g/mol. The summed E-state index contributed by atoms with van der Waals surface area (Å²) in [6.07, 6.45) is 3.07. The minimum Gasteiger partial charge on any atom is -0.338 e. The molecule has 168 valence electrons. The Labute approximate surface area is 209 Å². The lowest BCUT2D eigenvalue weighted by Crippen LogP contribution is -2.59. The Hall–Kier alpha value is -1.99. The first-order chi connectivity index (χ1) is 15.7. The fourth-order valence-electron chi connectivity index (χ4n) is 6.15. The predicted octanol–water partition coefficient (Wildman–Crippen LogP) is 5.33. The number of anilines is 2. The molecule has 2 saturated heterocycles. The maximum Gasteiger partial charge on any atom is 0.267 e. The summed E-state index contributed by atoms with van der Waals surface area (Å²) in [6, 6.07) is 7.87. The third-order valence-electron chi connectivity index (χ3n) is 7.72. The summed E-state index contributed by atoms with van der Waals surface area (Å²) in [7, 11) is 0. The first-order valence-electron chi connectivity index (χ1n) is 10.7. The highest BCUT2D eigenvalue weighted by atomic mass is 35.5. The number of halogens is 4. The number of guanidine groups is 1. The first kappa shape index (κ1) is 20.4. The number of nitrogens with zero attached hydrogens (tertiary/aromatic N) is 3. The number of imide groups is 1. The molecule has 6 nitrogen and oxygen atoms in total. The number of aliphatic imine (C=N–C) groups is 1. The largest absolute Gasteiger partial charge is 0.338 e. The Morgan fingerprint density at radius 3 is 2.36 bits per heavy atom. The van der Waals surface area contributed by atoms with Crippen molar-refractivity contribution in [3.05, 3.63) is 56.0 Å². The van der Waals surface area contributed by atoms with Gasteiger partial charge in [0, 0.05) is 33.2 Å². The van der Waals surface area contributed by atoms with Crippen molar-refractivity contribution in [3.8, 4) is 0 Å². The van der Waals surface area contributed by atoms with Gasteiger partial charge in [-0.3, -0.25) is 9.59 Å². The summed E-state index contributed by atoms with van der Waals surface area (Å²) in [5, 5.41) is 4.77. The van der Waals surface area contributed by atoms with E-state index < -0.39 is 17.4 Å². The van der Waals surface area contributed by atoms with Crippen molar-refractivity contribution in [2.24, 2.45) is 16.3 Å². The number of hydrogen-bond donors (Lipinski definition) is 1. The number of nitrogens with one attached hydrogen (secondary N) is 1. The van der Waals surface area contributed by atoms with E-state index >= 15 is 0 Å². The minimum atomic E-state index is -1.45. The molecule has 5 aliphatic rings. The zero-order chi connectivity index (χ0) is 22.9. The summed E-state index contributed by atoms with van der Waals surface area (Å²) < 4.78 is 0. The van der Waals surface area contributed by atoms with Crippen molar-refractivity contribution in [2.75, 3.05) is 16.8 Å². The van der Waals surface area contributed by atoms with Crippen molar-refractivity contribution < 1.29 is 9.59 Å². The second-order valence-electron chi connectivity index (χ2n) is 9.62. The van der Waals surface area contributed by atoms with Crippen LogP contribution in [-0.4, -0.2) is 35.3 Å². The maximum atomic E-state index is 14.2. The van der Waals surface area contributed by atoms with E-state index in [1.807, 2.05) is 0 Å². The molecule has 2 aromatic rings. The Bertz CT molecular complexity index is 1320. The van der Waals surface area contributed by atoms with Crippen molar-refractivity contribution >= 4 is 75.6 Å². The summed E-state index contributed by atoms with van der Waals surface area (Å²) in [6.45, 7) is 0.807. The molecule has 4 heterocycles. The van der Waals surface area contributed by atoms with Gasteiger partial charge in [0.25, 0.3) is 5.91 Å². The van der Waals surface area contributed by atoms with Crippen LogP contribution in [0.15, 0.2) is 35.3 Å². The molecule has 2 amide bonds.